The van der Waals surface area contributed by atoms with Crippen molar-refractivity contribution >= 4 is 27.3 Å². The molecule has 1 spiro atoms. The summed E-state index contributed by atoms with van der Waals surface area (Å²) in [7, 11) is -1.98. The highest BCUT2D eigenvalue weighted by atomic mass is 32.2. The predicted octanol–water partition coefficient (Wildman–Crippen LogP) is 2.44. The molecule has 0 bridgehead atoms. The van der Waals surface area contributed by atoms with E-state index in [2.05, 4.69) is 10.3 Å². The maximum atomic E-state index is 13.0. The van der Waals surface area contributed by atoms with Gasteiger partial charge in [0.25, 0.3) is 5.91 Å². The van der Waals surface area contributed by atoms with Crippen LogP contribution < -0.4 is 15.8 Å². The molecular formula is C22H26N4O4S. The van der Waals surface area contributed by atoms with Gasteiger partial charge in [0.2, 0.25) is 0 Å². The number of carbonyl (C=O) groups excluding carboxylic acids is 1. The van der Waals surface area contributed by atoms with Crippen LogP contribution >= 0.6 is 0 Å². The summed E-state index contributed by atoms with van der Waals surface area (Å²) < 4.78 is 30.0. The number of pyridine rings is 1. The maximum absolute atomic E-state index is 13.0. The molecule has 31 heavy (non-hydrogen) atoms. The van der Waals surface area contributed by atoms with Crippen LogP contribution in [0.3, 0.4) is 0 Å². The average Bonchev–Trinajstić information content (AvgIpc) is 2.73. The van der Waals surface area contributed by atoms with Gasteiger partial charge < -0.3 is 15.8 Å². The van der Waals surface area contributed by atoms with Crippen molar-refractivity contribution in [1.82, 2.24) is 4.98 Å². The van der Waals surface area contributed by atoms with E-state index in [0.29, 0.717) is 17.9 Å². The van der Waals surface area contributed by atoms with Gasteiger partial charge in [-0.1, -0.05) is 6.07 Å². The molecule has 2 aliphatic rings. The molecule has 1 aliphatic carbocycles. The van der Waals surface area contributed by atoms with E-state index in [-0.39, 0.29) is 23.2 Å². The number of aliphatic imine (C=N–C) groups is 1. The first-order chi connectivity index (χ1) is 14.6. The summed E-state index contributed by atoms with van der Waals surface area (Å²) in [5, 5.41) is 2.84. The summed E-state index contributed by atoms with van der Waals surface area (Å²) in [6, 6.07) is 8.80. The lowest BCUT2D eigenvalue weighted by atomic mass is 9.77. The minimum absolute atomic E-state index is 0.0991. The van der Waals surface area contributed by atoms with Crippen LogP contribution in [0.1, 0.15) is 48.3 Å². The Morgan fingerprint density at radius 3 is 2.65 bits per heavy atom. The summed E-state index contributed by atoms with van der Waals surface area (Å²) in [5.74, 6) is 0.221. The zero-order valence-corrected chi connectivity index (χ0v) is 18.6. The minimum Gasteiger partial charge on any atom is -0.495 e. The molecule has 1 atom stereocenters. The fourth-order valence-corrected chi connectivity index (χ4v) is 5.88. The number of amides is 1. The van der Waals surface area contributed by atoms with E-state index >= 15 is 0 Å². The summed E-state index contributed by atoms with van der Waals surface area (Å²) in [6.45, 7) is 3.19. The van der Waals surface area contributed by atoms with Gasteiger partial charge in [-0.2, -0.15) is 0 Å². The van der Waals surface area contributed by atoms with Gasteiger partial charge in [-0.25, -0.2) is 13.4 Å². The Morgan fingerprint density at radius 1 is 1.23 bits per heavy atom. The second kappa shape index (κ2) is 7.33. The number of sulfone groups is 1. The van der Waals surface area contributed by atoms with Crippen LogP contribution in [-0.2, 0) is 21.8 Å². The van der Waals surface area contributed by atoms with Gasteiger partial charge in [-0.3, -0.25) is 9.79 Å². The third-order valence-corrected chi connectivity index (χ3v) is 8.89. The van der Waals surface area contributed by atoms with Gasteiger partial charge in [0, 0.05) is 5.69 Å². The van der Waals surface area contributed by atoms with E-state index in [1.807, 2.05) is 18.2 Å². The number of ether oxygens (including phenoxy) is 1. The molecule has 1 aromatic carbocycles. The van der Waals surface area contributed by atoms with Crippen molar-refractivity contribution in [2.75, 3.05) is 18.2 Å². The van der Waals surface area contributed by atoms with Crippen molar-refractivity contribution in [2.24, 2.45) is 10.7 Å². The Hall–Kier alpha value is -2.94. The number of anilines is 1. The molecule has 2 aromatic rings. The number of nitrogens with two attached hydrogens (primary N) is 1. The molecule has 0 saturated carbocycles. The lowest BCUT2D eigenvalue weighted by molar-refractivity contribution is 0.102. The zero-order chi connectivity index (χ0) is 22.4. The van der Waals surface area contributed by atoms with Crippen molar-refractivity contribution in [3.8, 4) is 5.75 Å². The molecule has 1 aliphatic heterocycles. The summed E-state index contributed by atoms with van der Waals surface area (Å²) in [5.41, 5.74) is 7.86. The Morgan fingerprint density at radius 2 is 2.00 bits per heavy atom. The lowest BCUT2D eigenvalue weighted by Crippen LogP contribution is -2.56. The van der Waals surface area contributed by atoms with Crippen molar-refractivity contribution < 1.29 is 17.9 Å². The van der Waals surface area contributed by atoms with Crippen LogP contribution in [0.25, 0.3) is 0 Å². The molecule has 0 fully saturated rings. The molecule has 2 heterocycles. The highest BCUT2D eigenvalue weighted by Gasteiger charge is 2.51. The monoisotopic (exact) mass is 442 g/mol. The number of fused-ring (bicyclic) bond motifs is 2. The molecule has 4 rings (SSSR count). The van der Waals surface area contributed by atoms with E-state index in [9.17, 15) is 13.2 Å². The Balaban J connectivity index is 1.70. The lowest BCUT2D eigenvalue weighted by Gasteiger charge is -2.43. The van der Waals surface area contributed by atoms with E-state index in [1.54, 1.807) is 26.0 Å². The number of nitrogens with zero attached hydrogens (tertiary/aromatic N) is 2. The van der Waals surface area contributed by atoms with Crippen LogP contribution in [0.2, 0.25) is 0 Å². The Bertz CT molecular complexity index is 1170. The number of nitrogens with one attached hydrogen (secondary N) is 1. The molecule has 8 nitrogen and oxygen atoms in total. The number of aromatic nitrogens is 1. The van der Waals surface area contributed by atoms with Crippen LogP contribution in [0, 0.1) is 0 Å². The second-order valence-electron chi connectivity index (χ2n) is 8.56. The van der Waals surface area contributed by atoms with E-state index in [0.717, 1.165) is 24.0 Å². The number of aryl methyl sites for hydroxylation is 1. The average molecular weight is 443 g/mol. The SMILES string of the molecule is COc1ccc(C(=O)Nc2ccc3c(c2)C2(CCC3)CS(=O)(=O)C(C)(C)C(N)=N2)nc1. The van der Waals surface area contributed by atoms with E-state index < -0.39 is 20.1 Å². The molecule has 1 unspecified atom stereocenters. The normalized spacial score (nSPS) is 23.5. The van der Waals surface area contributed by atoms with Gasteiger partial charge in [-0.05, 0) is 68.5 Å². The molecule has 164 valence electrons. The van der Waals surface area contributed by atoms with Gasteiger partial charge in [0.05, 0.1) is 19.1 Å². The molecule has 0 radical (unpaired) electrons. The van der Waals surface area contributed by atoms with Crippen LogP contribution in [0.5, 0.6) is 5.75 Å². The number of benzene rings is 1. The summed E-state index contributed by atoms with van der Waals surface area (Å²) in [4.78, 5) is 21.5. The molecule has 0 saturated heterocycles. The van der Waals surface area contributed by atoms with Crippen molar-refractivity contribution in [3.05, 3.63) is 53.3 Å². The molecule has 9 heteroatoms. The largest absolute Gasteiger partial charge is 0.495 e. The van der Waals surface area contributed by atoms with Gasteiger partial charge in [0.1, 0.15) is 27.6 Å². The van der Waals surface area contributed by atoms with E-state index in [1.165, 1.54) is 13.3 Å². The highest BCUT2D eigenvalue weighted by molar-refractivity contribution is 7.93. The van der Waals surface area contributed by atoms with Crippen molar-refractivity contribution in [2.45, 2.75) is 43.4 Å². The number of hydrogen-bond donors (Lipinski definition) is 2. The number of amidine groups is 1. The van der Waals surface area contributed by atoms with Gasteiger partial charge in [-0.15, -0.1) is 0 Å². The van der Waals surface area contributed by atoms with Crippen LogP contribution in [-0.4, -0.2) is 42.8 Å². The molecule has 1 aromatic heterocycles. The minimum atomic E-state index is -3.51. The summed E-state index contributed by atoms with van der Waals surface area (Å²) in [6.07, 6.45) is 3.71. The predicted molar refractivity (Wildman–Crippen MR) is 119 cm³/mol. The third-order valence-electron chi connectivity index (χ3n) is 6.27. The summed E-state index contributed by atoms with van der Waals surface area (Å²) >= 11 is 0. The second-order valence-corrected chi connectivity index (χ2v) is 11.1. The maximum Gasteiger partial charge on any atom is 0.274 e. The molecule has 1 amide bonds. The standard InChI is InChI=1S/C22H26N4O4S/c1-21(2)20(23)26-22(13-31(21,28)29)10-4-5-14-6-7-15(11-17(14)22)25-19(27)18-9-8-16(30-3)12-24-18/h6-9,11-12H,4-5,10,13H2,1-3H3,(H2,23,26)(H,25,27). The number of rotatable bonds is 3. The highest BCUT2D eigenvalue weighted by Crippen LogP contribution is 2.45. The van der Waals surface area contributed by atoms with Crippen LogP contribution in [0.4, 0.5) is 5.69 Å². The first-order valence-corrected chi connectivity index (χ1v) is 11.8. The first kappa shape index (κ1) is 21.3. The fraction of sp³-hybridized carbons (Fsp3) is 0.409. The first-order valence-electron chi connectivity index (χ1n) is 10.1. The van der Waals surface area contributed by atoms with Crippen molar-refractivity contribution in [1.29, 1.82) is 0 Å². The number of methoxy groups -OCH3 is 1. The van der Waals surface area contributed by atoms with E-state index in [4.69, 9.17) is 15.5 Å². The molecular weight excluding hydrogens is 416 g/mol. The van der Waals surface area contributed by atoms with Gasteiger partial charge >= 0.3 is 0 Å². The van der Waals surface area contributed by atoms with Crippen LogP contribution in [0.15, 0.2) is 41.5 Å². The third kappa shape index (κ3) is 3.56. The zero-order valence-electron chi connectivity index (χ0n) is 17.8. The quantitative estimate of drug-likeness (QED) is 0.752. The topological polar surface area (TPSA) is 124 Å². The smallest absolute Gasteiger partial charge is 0.274 e. The number of hydrogen-bond acceptors (Lipinski definition) is 7. The Kier molecular flexibility index (Phi) is 5.04. The van der Waals surface area contributed by atoms with Gasteiger partial charge in [0.15, 0.2) is 9.84 Å². The fourth-order valence-electron chi connectivity index (χ4n) is 4.16. The Labute approximate surface area is 181 Å². The molecule has 3 N–H and O–H groups in total. The van der Waals surface area contributed by atoms with Crippen molar-refractivity contribution in [3.63, 3.8) is 0 Å². The number of carbonyl (C=O) groups is 1.